The van der Waals surface area contributed by atoms with Crippen molar-refractivity contribution in [1.82, 2.24) is 10.2 Å². The summed E-state index contributed by atoms with van der Waals surface area (Å²) in [6, 6.07) is 8.86. The highest BCUT2D eigenvalue weighted by molar-refractivity contribution is 8.12. The van der Waals surface area contributed by atoms with E-state index in [2.05, 4.69) is 42.9 Å². The van der Waals surface area contributed by atoms with E-state index in [1.54, 1.807) is 6.92 Å². The zero-order valence-corrected chi connectivity index (χ0v) is 17.0. The Morgan fingerprint density at radius 2 is 2.08 bits per heavy atom. The molecular formula is C21H31N3OS. The zero-order valence-electron chi connectivity index (χ0n) is 16.2. The van der Waals surface area contributed by atoms with E-state index in [-0.39, 0.29) is 5.91 Å². The van der Waals surface area contributed by atoms with Crippen LogP contribution in [0.25, 0.3) is 4.91 Å². The molecule has 5 heteroatoms. The van der Waals surface area contributed by atoms with Crippen molar-refractivity contribution in [3.05, 3.63) is 52.6 Å². The molecule has 1 aromatic carbocycles. The molecule has 1 unspecified atom stereocenters. The van der Waals surface area contributed by atoms with Gasteiger partial charge in [-0.3, -0.25) is 4.79 Å². The summed E-state index contributed by atoms with van der Waals surface area (Å²) >= 11 is 1.35. The number of thioether (sulfide) groups is 1. The van der Waals surface area contributed by atoms with Crippen molar-refractivity contribution in [2.24, 2.45) is 5.73 Å². The Bertz CT molecular complexity index is 662. The summed E-state index contributed by atoms with van der Waals surface area (Å²) in [5.41, 5.74) is 8.80. The van der Waals surface area contributed by atoms with Gasteiger partial charge in [-0.05, 0) is 57.3 Å². The number of benzene rings is 1. The van der Waals surface area contributed by atoms with Gasteiger partial charge in [-0.1, -0.05) is 49.5 Å². The highest BCUT2D eigenvalue weighted by Crippen LogP contribution is 2.33. The molecule has 1 aliphatic heterocycles. The van der Waals surface area contributed by atoms with Crippen LogP contribution in [0.3, 0.4) is 0 Å². The number of hydrogen-bond donors (Lipinski definition) is 2. The minimum Gasteiger partial charge on any atom is -0.401 e. The molecule has 4 nitrogen and oxygen atoms in total. The molecule has 0 spiro atoms. The Hall–Kier alpha value is -1.72. The predicted octanol–water partition coefficient (Wildman–Crippen LogP) is 3.74. The van der Waals surface area contributed by atoms with Gasteiger partial charge in [-0.25, -0.2) is 0 Å². The molecule has 0 radical (unpaired) electrons. The van der Waals surface area contributed by atoms with E-state index < -0.39 is 0 Å². The van der Waals surface area contributed by atoms with Gasteiger partial charge in [0, 0.05) is 23.2 Å². The first-order valence-electron chi connectivity index (χ1n) is 9.33. The Balaban J connectivity index is 1.91. The second-order valence-electron chi connectivity index (χ2n) is 6.91. The monoisotopic (exact) mass is 373 g/mol. The van der Waals surface area contributed by atoms with Crippen LogP contribution >= 0.6 is 11.8 Å². The van der Waals surface area contributed by atoms with E-state index in [0.717, 1.165) is 29.9 Å². The van der Waals surface area contributed by atoms with Crippen molar-refractivity contribution in [1.29, 1.82) is 0 Å². The molecule has 0 aliphatic carbocycles. The van der Waals surface area contributed by atoms with Crippen LogP contribution in [0.4, 0.5) is 0 Å². The summed E-state index contributed by atoms with van der Waals surface area (Å²) in [5.74, 6) is -0.109. The largest absolute Gasteiger partial charge is 0.401 e. The Morgan fingerprint density at radius 1 is 1.38 bits per heavy atom. The number of nitrogens with two attached hydrogens (primary N) is 1. The van der Waals surface area contributed by atoms with Crippen LogP contribution in [0.5, 0.6) is 0 Å². The number of carbonyl (C=O) groups excluding carboxylic acids is 1. The molecule has 1 saturated heterocycles. The highest BCUT2D eigenvalue weighted by Gasteiger charge is 2.21. The first kappa shape index (κ1) is 20.6. The van der Waals surface area contributed by atoms with Crippen LogP contribution in [-0.4, -0.2) is 37.0 Å². The molecular weight excluding hydrogens is 342 g/mol. The highest BCUT2D eigenvalue weighted by atomic mass is 32.2. The summed E-state index contributed by atoms with van der Waals surface area (Å²) in [6.45, 7) is 9.84. The fraction of sp³-hybridized carbons (Fsp3) is 0.476. The number of nitrogens with one attached hydrogen (secondary N) is 1. The Kier molecular flexibility index (Phi) is 7.79. The summed E-state index contributed by atoms with van der Waals surface area (Å²) in [5, 5.41) is 3.02. The number of aryl methyl sites for hydroxylation is 1. The number of amides is 1. The minimum atomic E-state index is -0.109. The molecule has 3 N–H and O–H groups in total. The summed E-state index contributed by atoms with van der Waals surface area (Å²) in [7, 11) is 2.15. The zero-order chi connectivity index (χ0) is 19.1. The van der Waals surface area contributed by atoms with Gasteiger partial charge in [0.25, 0.3) is 5.91 Å². The van der Waals surface area contributed by atoms with Crippen LogP contribution in [0.2, 0.25) is 0 Å². The number of likely N-dealkylation sites (tertiary alicyclic amines) is 1. The first-order valence-corrected chi connectivity index (χ1v) is 10.1. The number of allylic oxidation sites excluding steroid dienone is 1. The van der Waals surface area contributed by atoms with Gasteiger partial charge in [0.05, 0.1) is 4.91 Å². The summed E-state index contributed by atoms with van der Waals surface area (Å²) < 4.78 is 0. The topological polar surface area (TPSA) is 58.4 Å². The minimum absolute atomic E-state index is 0.109. The van der Waals surface area contributed by atoms with E-state index in [1.165, 1.54) is 30.2 Å². The number of nitrogens with zero attached hydrogens (tertiary/aromatic N) is 1. The Labute approximate surface area is 161 Å². The van der Waals surface area contributed by atoms with Gasteiger partial charge < -0.3 is 16.0 Å². The molecule has 1 atom stereocenters. The lowest BCUT2D eigenvalue weighted by atomic mass is 10.1. The standard InChI is InChI=1S/C21H31N3OS/c1-5-17-8-10-18(11-9-17)16(3)26-20(15(2)22)21(25)23-13-12-19-7-6-14-24(19)4/h8-11,19H,3,5-7,12-14,22H2,1-2,4H3,(H,23,25)/b20-15-. The SMILES string of the molecule is C=C(S/C(C(=O)NCCC1CCCN1C)=C(/C)N)c1ccc(CC)cc1. The van der Waals surface area contributed by atoms with E-state index in [1.807, 2.05) is 12.1 Å². The van der Waals surface area contributed by atoms with Crippen molar-refractivity contribution in [2.45, 2.75) is 45.6 Å². The number of rotatable bonds is 8. The summed E-state index contributed by atoms with van der Waals surface area (Å²) in [6.07, 6.45) is 4.44. The van der Waals surface area contributed by atoms with Crippen molar-refractivity contribution in [3.8, 4) is 0 Å². The van der Waals surface area contributed by atoms with E-state index in [4.69, 9.17) is 5.73 Å². The van der Waals surface area contributed by atoms with Crippen LogP contribution < -0.4 is 11.1 Å². The van der Waals surface area contributed by atoms with Crippen LogP contribution in [0.15, 0.2) is 41.4 Å². The molecule has 1 aliphatic rings. The van der Waals surface area contributed by atoms with Crippen molar-refractivity contribution < 1.29 is 4.79 Å². The average Bonchev–Trinajstić information content (AvgIpc) is 3.04. The van der Waals surface area contributed by atoms with Crippen LogP contribution in [-0.2, 0) is 11.2 Å². The molecule has 26 heavy (non-hydrogen) atoms. The Morgan fingerprint density at radius 3 is 2.62 bits per heavy atom. The van der Waals surface area contributed by atoms with E-state index in [0.29, 0.717) is 23.2 Å². The fourth-order valence-electron chi connectivity index (χ4n) is 3.19. The lowest BCUT2D eigenvalue weighted by Gasteiger charge is -2.19. The third-order valence-corrected chi connectivity index (χ3v) is 6.10. The third-order valence-electron chi connectivity index (χ3n) is 4.91. The van der Waals surface area contributed by atoms with Gasteiger partial charge in [0.1, 0.15) is 0 Å². The molecule has 0 bridgehead atoms. The second kappa shape index (κ2) is 9.83. The van der Waals surface area contributed by atoms with Crippen molar-refractivity contribution in [2.75, 3.05) is 20.1 Å². The molecule has 1 aromatic rings. The fourth-order valence-corrected chi connectivity index (χ4v) is 4.02. The quantitative estimate of drug-likeness (QED) is 0.682. The smallest absolute Gasteiger partial charge is 0.259 e. The average molecular weight is 374 g/mol. The van der Waals surface area contributed by atoms with Gasteiger partial charge in [0.15, 0.2) is 0 Å². The third kappa shape index (κ3) is 5.64. The molecule has 0 saturated carbocycles. The van der Waals surface area contributed by atoms with Crippen LogP contribution in [0.1, 0.15) is 44.2 Å². The van der Waals surface area contributed by atoms with Crippen LogP contribution in [0, 0.1) is 0 Å². The van der Waals surface area contributed by atoms with Crippen molar-refractivity contribution in [3.63, 3.8) is 0 Å². The second-order valence-corrected chi connectivity index (χ2v) is 8.01. The van der Waals surface area contributed by atoms with Gasteiger partial charge in [0.2, 0.25) is 0 Å². The molecule has 0 aromatic heterocycles. The maximum Gasteiger partial charge on any atom is 0.259 e. The summed E-state index contributed by atoms with van der Waals surface area (Å²) in [4.78, 5) is 16.3. The molecule has 142 valence electrons. The lowest BCUT2D eigenvalue weighted by Crippen LogP contribution is -2.32. The maximum atomic E-state index is 12.6. The molecule has 1 fully saturated rings. The van der Waals surface area contributed by atoms with Crippen molar-refractivity contribution >= 4 is 22.6 Å². The number of hydrogen-bond acceptors (Lipinski definition) is 4. The molecule has 1 amide bonds. The number of carbonyl (C=O) groups is 1. The van der Waals surface area contributed by atoms with Gasteiger partial charge in [-0.15, -0.1) is 0 Å². The first-order chi connectivity index (χ1) is 12.4. The van der Waals surface area contributed by atoms with Gasteiger partial charge >= 0.3 is 0 Å². The van der Waals surface area contributed by atoms with E-state index in [9.17, 15) is 4.79 Å². The predicted molar refractivity (Wildman–Crippen MR) is 113 cm³/mol. The van der Waals surface area contributed by atoms with Gasteiger partial charge in [-0.2, -0.15) is 0 Å². The lowest BCUT2D eigenvalue weighted by molar-refractivity contribution is -0.116. The van der Waals surface area contributed by atoms with E-state index >= 15 is 0 Å². The molecule has 1 heterocycles. The maximum absolute atomic E-state index is 12.6. The normalized spacial score (nSPS) is 18.5. The molecule has 2 rings (SSSR count).